The maximum Gasteiger partial charge on any atom is 0.261 e. The van der Waals surface area contributed by atoms with Gasteiger partial charge in [0, 0.05) is 6.54 Å². The molecule has 0 aliphatic heterocycles. The van der Waals surface area contributed by atoms with Gasteiger partial charge in [-0.05, 0) is 42.2 Å². The molecule has 0 saturated carbocycles. The molecule has 2 rings (SSSR count). The fourth-order valence-corrected chi connectivity index (χ4v) is 3.88. The Morgan fingerprint density at radius 3 is 2.41 bits per heavy atom. The van der Waals surface area contributed by atoms with Crippen molar-refractivity contribution in [1.29, 1.82) is 0 Å². The van der Waals surface area contributed by atoms with E-state index >= 15 is 0 Å². The maximum atomic E-state index is 12.5. The molecule has 0 aromatic heterocycles. The highest BCUT2D eigenvalue weighted by Crippen LogP contribution is 2.20. The number of carbonyl (C=O) groups excluding carboxylic acids is 1. The number of carbonyl (C=O) groups is 1. The van der Waals surface area contributed by atoms with Gasteiger partial charge < -0.3 is 11.1 Å². The van der Waals surface area contributed by atoms with Gasteiger partial charge in [-0.2, -0.15) is 11.8 Å². The zero-order valence-electron chi connectivity index (χ0n) is 14.9. The van der Waals surface area contributed by atoms with Crippen molar-refractivity contribution in [3.05, 3.63) is 60.2 Å². The van der Waals surface area contributed by atoms with Crippen LogP contribution in [-0.4, -0.2) is 32.4 Å². The summed E-state index contributed by atoms with van der Waals surface area (Å²) in [7, 11) is -3.69. The molecule has 6 nitrogen and oxygen atoms in total. The minimum atomic E-state index is -3.69. The topological polar surface area (TPSA) is 101 Å². The predicted octanol–water partition coefficient (Wildman–Crippen LogP) is 2.61. The summed E-state index contributed by atoms with van der Waals surface area (Å²) in [5, 5.41) is 2.77. The summed E-state index contributed by atoms with van der Waals surface area (Å²) in [4.78, 5) is 12.2. The second-order valence-electron chi connectivity index (χ2n) is 5.68. The molecule has 0 radical (unpaired) electrons. The molecule has 0 unspecified atom stereocenters. The Bertz CT molecular complexity index is 833. The molecule has 2 aromatic rings. The predicted molar refractivity (Wildman–Crippen MR) is 114 cm³/mol. The van der Waals surface area contributed by atoms with Gasteiger partial charge in [-0.1, -0.05) is 36.4 Å². The first-order valence-corrected chi connectivity index (χ1v) is 11.0. The molecule has 4 N–H and O–H groups in total. The molecule has 0 aliphatic carbocycles. The van der Waals surface area contributed by atoms with Crippen molar-refractivity contribution in [2.45, 2.75) is 23.9 Å². The van der Waals surface area contributed by atoms with Gasteiger partial charge in [-0.25, -0.2) is 8.42 Å². The van der Waals surface area contributed by atoms with Crippen LogP contribution >= 0.6 is 24.2 Å². The minimum Gasteiger partial charge on any atom is -0.351 e. The number of amides is 1. The Labute approximate surface area is 170 Å². The summed E-state index contributed by atoms with van der Waals surface area (Å²) < 4.78 is 27.6. The molecule has 0 heterocycles. The lowest BCUT2D eigenvalue weighted by molar-refractivity contribution is -0.122. The molecule has 0 saturated heterocycles. The SMILES string of the molecule is CSCC[C@H](N)C(=O)NCc1ccccc1NS(=O)(=O)c1ccccc1.Cl. The van der Waals surface area contributed by atoms with Crippen LogP contribution in [0.4, 0.5) is 5.69 Å². The first kappa shape index (κ1) is 23.3. The van der Waals surface area contributed by atoms with E-state index in [9.17, 15) is 13.2 Å². The van der Waals surface area contributed by atoms with Crippen LogP contribution in [0.1, 0.15) is 12.0 Å². The summed E-state index contributed by atoms with van der Waals surface area (Å²) in [6.07, 6.45) is 2.55. The molecular formula is C18H24ClN3O3S2. The zero-order chi connectivity index (χ0) is 19.0. The Morgan fingerprint density at radius 2 is 1.74 bits per heavy atom. The summed E-state index contributed by atoms with van der Waals surface area (Å²) in [6.45, 7) is 0.194. The van der Waals surface area contributed by atoms with Gasteiger partial charge in [-0.15, -0.1) is 12.4 Å². The molecule has 2 aromatic carbocycles. The molecule has 0 fully saturated rings. The molecule has 27 heavy (non-hydrogen) atoms. The van der Waals surface area contributed by atoms with Crippen LogP contribution in [0.5, 0.6) is 0 Å². The van der Waals surface area contributed by atoms with E-state index in [1.165, 1.54) is 12.1 Å². The van der Waals surface area contributed by atoms with Crippen molar-refractivity contribution in [3.8, 4) is 0 Å². The number of rotatable bonds is 9. The van der Waals surface area contributed by atoms with E-state index in [-0.39, 0.29) is 29.8 Å². The fraction of sp³-hybridized carbons (Fsp3) is 0.278. The number of thioether (sulfide) groups is 1. The van der Waals surface area contributed by atoms with E-state index in [4.69, 9.17) is 5.73 Å². The smallest absolute Gasteiger partial charge is 0.261 e. The average molecular weight is 430 g/mol. The lowest BCUT2D eigenvalue weighted by atomic mass is 10.1. The Kier molecular flexibility index (Phi) is 9.65. The van der Waals surface area contributed by atoms with Gasteiger partial charge in [0.25, 0.3) is 10.0 Å². The van der Waals surface area contributed by atoms with E-state index in [1.807, 2.05) is 6.26 Å². The standard InChI is InChI=1S/C18H23N3O3S2.ClH/c1-25-12-11-16(19)18(22)20-13-14-7-5-6-10-17(14)21-26(23,24)15-8-3-2-4-9-15;/h2-10,16,21H,11-13,19H2,1H3,(H,20,22);1H/t16-;/m0./s1. The number of hydrogen-bond acceptors (Lipinski definition) is 5. The average Bonchev–Trinajstić information content (AvgIpc) is 2.65. The number of sulfonamides is 1. The maximum absolute atomic E-state index is 12.5. The van der Waals surface area contributed by atoms with Gasteiger partial charge in [0.1, 0.15) is 0 Å². The number of halogens is 1. The first-order valence-electron chi connectivity index (χ1n) is 8.12. The molecule has 9 heteroatoms. The number of nitrogens with two attached hydrogens (primary N) is 1. The quantitative estimate of drug-likeness (QED) is 0.568. The van der Waals surface area contributed by atoms with Crippen LogP contribution in [0.2, 0.25) is 0 Å². The molecule has 148 valence electrons. The minimum absolute atomic E-state index is 0. The van der Waals surface area contributed by atoms with Gasteiger partial charge in [0.2, 0.25) is 5.91 Å². The van der Waals surface area contributed by atoms with E-state index in [2.05, 4.69) is 10.0 Å². The van der Waals surface area contributed by atoms with Gasteiger partial charge in [0.05, 0.1) is 16.6 Å². The van der Waals surface area contributed by atoms with Crippen molar-refractivity contribution >= 4 is 45.8 Å². The third-order valence-corrected chi connectivity index (χ3v) is 5.76. The van der Waals surface area contributed by atoms with Crippen LogP contribution in [0.15, 0.2) is 59.5 Å². The van der Waals surface area contributed by atoms with E-state index in [0.29, 0.717) is 17.7 Å². The third kappa shape index (κ3) is 7.06. The van der Waals surface area contributed by atoms with Gasteiger partial charge in [-0.3, -0.25) is 9.52 Å². The highest BCUT2D eigenvalue weighted by Gasteiger charge is 2.17. The highest BCUT2D eigenvalue weighted by molar-refractivity contribution is 7.98. The van der Waals surface area contributed by atoms with E-state index in [0.717, 1.165) is 5.75 Å². The fourth-order valence-electron chi connectivity index (χ4n) is 2.27. The van der Waals surface area contributed by atoms with Crippen LogP contribution in [0.3, 0.4) is 0 Å². The molecule has 0 bridgehead atoms. The molecule has 0 spiro atoms. The highest BCUT2D eigenvalue weighted by atomic mass is 35.5. The monoisotopic (exact) mass is 429 g/mol. The third-order valence-electron chi connectivity index (χ3n) is 3.74. The van der Waals surface area contributed by atoms with Crippen LogP contribution in [0, 0.1) is 0 Å². The Morgan fingerprint density at radius 1 is 1.11 bits per heavy atom. The molecular weight excluding hydrogens is 406 g/mol. The second kappa shape index (κ2) is 11.2. The zero-order valence-corrected chi connectivity index (χ0v) is 17.4. The molecule has 1 amide bonds. The Hall–Kier alpha value is -1.74. The molecule has 0 aliphatic rings. The van der Waals surface area contributed by atoms with Gasteiger partial charge >= 0.3 is 0 Å². The van der Waals surface area contributed by atoms with Crippen LogP contribution < -0.4 is 15.8 Å². The lowest BCUT2D eigenvalue weighted by Gasteiger charge is -2.15. The van der Waals surface area contributed by atoms with Crippen molar-refractivity contribution in [2.75, 3.05) is 16.7 Å². The largest absolute Gasteiger partial charge is 0.351 e. The summed E-state index contributed by atoms with van der Waals surface area (Å²) >= 11 is 1.63. The van der Waals surface area contributed by atoms with Crippen LogP contribution in [0.25, 0.3) is 0 Å². The van der Waals surface area contributed by atoms with Crippen molar-refractivity contribution in [1.82, 2.24) is 5.32 Å². The second-order valence-corrected chi connectivity index (χ2v) is 8.35. The van der Waals surface area contributed by atoms with Crippen molar-refractivity contribution in [2.24, 2.45) is 5.73 Å². The molecule has 1 atom stereocenters. The summed E-state index contributed by atoms with van der Waals surface area (Å²) in [5.74, 6) is 0.557. The van der Waals surface area contributed by atoms with Crippen LogP contribution in [-0.2, 0) is 21.4 Å². The number of nitrogens with one attached hydrogen (secondary N) is 2. The van der Waals surface area contributed by atoms with Crippen molar-refractivity contribution < 1.29 is 13.2 Å². The Balaban J connectivity index is 0.00000364. The normalized spacial score (nSPS) is 11.9. The lowest BCUT2D eigenvalue weighted by Crippen LogP contribution is -2.40. The number of anilines is 1. The first-order chi connectivity index (χ1) is 12.4. The number of hydrogen-bond donors (Lipinski definition) is 3. The van der Waals surface area contributed by atoms with Gasteiger partial charge in [0.15, 0.2) is 0 Å². The van der Waals surface area contributed by atoms with Crippen molar-refractivity contribution in [3.63, 3.8) is 0 Å². The van der Waals surface area contributed by atoms with E-state index < -0.39 is 16.1 Å². The number of para-hydroxylation sites is 1. The summed E-state index contributed by atoms with van der Waals surface area (Å²) in [6, 6.07) is 14.5. The summed E-state index contributed by atoms with van der Waals surface area (Å²) in [5.41, 5.74) is 6.94. The van der Waals surface area contributed by atoms with E-state index in [1.54, 1.807) is 54.2 Å². The number of benzene rings is 2.